The Labute approximate surface area is 114 Å². The first-order chi connectivity index (χ1) is 9.01. The van der Waals surface area contributed by atoms with E-state index in [0.717, 1.165) is 17.0 Å². The van der Waals surface area contributed by atoms with Crippen molar-refractivity contribution >= 4 is 27.0 Å². The molecule has 3 N–H and O–H groups in total. The molecule has 0 bridgehead atoms. The predicted octanol–water partition coefficient (Wildman–Crippen LogP) is 0.957. The molecule has 1 heterocycles. The molecule has 6 nitrogen and oxygen atoms in total. The van der Waals surface area contributed by atoms with Gasteiger partial charge in [-0.2, -0.15) is 0 Å². The van der Waals surface area contributed by atoms with Gasteiger partial charge in [-0.3, -0.25) is 4.79 Å². The monoisotopic (exact) mass is 299 g/mol. The van der Waals surface area contributed by atoms with Gasteiger partial charge < -0.3 is 10.3 Å². The van der Waals surface area contributed by atoms with Crippen molar-refractivity contribution in [1.82, 2.24) is 9.71 Å². The number of aromatic amines is 1. The number of sulfonamides is 1. The molecule has 0 aliphatic heterocycles. The fraction of sp³-hybridized carbons (Fsp3) is 0.182. The third-order valence-electron chi connectivity index (χ3n) is 2.48. The number of anilines is 1. The minimum Gasteiger partial charge on any atom is -0.388 e. The highest BCUT2D eigenvalue weighted by Gasteiger charge is 2.13. The van der Waals surface area contributed by atoms with Gasteiger partial charge in [0.05, 0.1) is 11.4 Å². The summed E-state index contributed by atoms with van der Waals surface area (Å²) < 4.78 is 26.4. The molecule has 0 spiro atoms. The topological polar surface area (TPSA) is 91.1 Å². The summed E-state index contributed by atoms with van der Waals surface area (Å²) >= 11 is 1.00. The average molecular weight is 299 g/mol. The van der Waals surface area contributed by atoms with Crippen molar-refractivity contribution in [2.75, 3.05) is 12.4 Å². The second kappa shape index (κ2) is 5.55. The van der Waals surface area contributed by atoms with E-state index in [2.05, 4.69) is 15.0 Å². The molecule has 0 aliphatic rings. The van der Waals surface area contributed by atoms with Gasteiger partial charge >= 0.3 is 4.87 Å². The van der Waals surface area contributed by atoms with E-state index in [-0.39, 0.29) is 16.3 Å². The molecule has 0 fully saturated rings. The van der Waals surface area contributed by atoms with Crippen molar-refractivity contribution in [3.8, 4) is 0 Å². The van der Waals surface area contributed by atoms with E-state index in [1.807, 2.05) is 0 Å². The summed E-state index contributed by atoms with van der Waals surface area (Å²) in [5.74, 6) is 0. The minimum absolute atomic E-state index is 0.0643. The molecule has 2 rings (SSSR count). The van der Waals surface area contributed by atoms with Gasteiger partial charge in [0, 0.05) is 23.8 Å². The second-order valence-corrected chi connectivity index (χ2v) is 6.38. The summed E-state index contributed by atoms with van der Waals surface area (Å²) in [6.07, 6.45) is 0. The molecule has 0 unspecified atom stereocenters. The highest BCUT2D eigenvalue weighted by molar-refractivity contribution is 7.89. The van der Waals surface area contributed by atoms with Crippen LogP contribution in [-0.2, 0) is 16.6 Å². The minimum atomic E-state index is -3.57. The lowest BCUT2D eigenvalue weighted by atomic mass is 10.3. The van der Waals surface area contributed by atoms with Crippen LogP contribution in [0.25, 0.3) is 0 Å². The average Bonchev–Trinajstić information content (AvgIpc) is 2.82. The molecule has 0 aliphatic carbocycles. The molecular weight excluding hydrogens is 286 g/mol. The maximum absolute atomic E-state index is 12.0. The van der Waals surface area contributed by atoms with E-state index in [1.165, 1.54) is 12.1 Å². The lowest BCUT2D eigenvalue weighted by Crippen LogP contribution is -2.23. The van der Waals surface area contributed by atoms with E-state index in [9.17, 15) is 13.2 Å². The van der Waals surface area contributed by atoms with Crippen LogP contribution in [0.5, 0.6) is 0 Å². The third-order valence-corrected chi connectivity index (χ3v) is 4.61. The van der Waals surface area contributed by atoms with Crippen molar-refractivity contribution in [3.05, 3.63) is 45.0 Å². The molecule has 0 saturated carbocycles. The lowest BCUT2D eigenvalue weighted by molar-refractivity contribution is 0.580. The van der Waals surface area contributed by atoms with Gasteiger partial charge in [-0.15, -0.1) is 0 Å². The number of nitrogens with one attached hydrogen (secondary N) is 3. The Balaban J connectivity index is 2.11. The van der Waals surface area contributed by atoms with Crippen molar-refractivity contribution in [3.63, 3.8) is 0 Å². The number of aromatic nitrogens is 1. The normalized spacial score (nSPS) is 11.4. The molecule has 1 aromatic carbocycles. The van der Waals surface area contributed by atoms with E-state index >= 15 is 0 Å². The number of hydrogen-bond acceptors (Lipinski definition) is 5. The maximum atomic E-state index is 12.0. The smallest absolute Gasteiger partial charge is 0.304 e. The highest BCUT2D eigenvalue weighted by Crippen LogP contribution is 2.13. The zero-order valence-electron chi connectivity index (χ0n) is 10.1. The van der Waals surface area contributed by atoms with Gasteiger partial charge in [-0.05, 0) is 24.3 Å². The van der Waals surface area contributed by atoms with Crippen LogP contribution in [0.3, 0.4) is 0 Å². The Morgan fingerprint density at radius 1 is 1.26 bits per heavy atom. The van der Waals surface area contributed by atoms with E-state index in [4.69, 9.17) is 0 Å². The summed E-state index contributed by atoms with van der Waals surface area (Å²) in [6, 6.07) is 6.40. The molecule has 0 amide bonds. The van der Waals surface area contributed by atoms with Crippen molar-refractivity contribution in [1.29, 1.82) is 0 Å². The Bertz CT molecular complexity index is 701. The number of rotatable bonds is 5. The standard InChI is InChI=1S/C11H13N3O3S2/c1-12-8-2-4-10(5-3-8)19(16,17)13-6-9-7-18-11(15)14-9/h2-5,7,12-13H,6H2,1H3,(H,14,15). The van der Waals surface area contributed by atoms with E-state index in [1.54, 1.807) is 24.6 Å². The van der Waals surface area contributed by atoms with Gasteiger partial charge in [0.25, 0.3) is 0 Å². The molecule has 0 saturated heterocycles. The fourth-order valence-electron chi connectivity index (χ4n) is 1.46. The lowest BCUT2D eigenvalue weighted by Gasteiger charge is -2.06. The second-order valence-electron chi connectivity index (χ2n) is 3.77. The van der Waals surface area contributed by atoms with Crippen molar-refractivity contribution in [2.24, 2.45) is 0 Å². The fourth-order valence-corrected chi connectivity index (χ4v) is 3.05. The van der Waals surface area contributed by atoms with Crippen LogP contribution in [0.15, 0.2) is 39.3 Å². The zero-order chi connectivity index (χ0) is 13.9. The Morgan fingerprint density at radius 3 is 2.47 bits per heavy atom. The van der Waals surface area contributed by atoms with E-state index < -0.39 is 10.0 Å². The van der Waals surface area contributed by atoms with Crippen molar-refractivity contribution < 1.29 is 8.42 Å². The first-order valence-corrected chi connectivity index (χ1v) is 7.82. The Kier molecular flexibility index (Phi) is 4.03. The summed E-state index contributed by atoms with van der Waals surface area (Å²) in [6.45, 7) is 0.0643. The number of thiazole rings is 1. The number of benzene rings is 1. The molecule has 102 valence electrons. The van der Waals surface area contributed by atoms with Crippen molar-refractivity contribution in [2.45, 2.75) is 11.4 Å². The van der Waals surface area contributed by atoms with Crippen LogP contribution in [0.2, 0.25) is 0 Å². The molecule has 2 aromatic rings. The van der Waals surface area contributed by atoms with Gasteiger partial charge in [0.15, 0.2) is 0 Å². The van der Waals surface area contributed by atoms with Gasteiger partial charge in [-0.25, -0.2) is 13.1 Å². The van der Waals surface area contributed by atoms with Crippen LogP contribution in [-0.4, -0.2) is 20.4 Å². The highest BCUT2D eigenvalue weighted by atomic mass is 32.2. The predicted molar refractivity (Wildman–Crippen MR) is 75.0 cm³/mol. The first kappa shape index (κ1) is 13.8. The van der Waals surface area contributed by atoms with Crippen LogP contribution in [0, 0.1) is 0 Å². The molecule has 8 heteroatoms. The first-order valence-electron chi connectivity index (χ1n) is 5.45. The molecule has 0 radical (unpaired) electrons. The SMILES string of the molecule is CNc1ccc(S(=O)(=O)NCc2csc(=O)[nH]2)cc1. The van der Waals surface area contributed by atoms with Gasteiger partial charge in [0.2, 0.25) is 10.0 Å². The van der Waals surface area contributed by atoms with Crippen LogP contribution in [0.4, 0.5) is 5.69 Å². The Hall–Kier alpha value is -1.64. The summed E-state index contributed by atoms with van der Waals surface area (Å²) in [7, 11) is -1.81. The van der Waals surface area contributed by atoms with Crippen LogP contribution in [0.1, 0.15) is 5.69 Å². The summed E-state index contributed by atoms with van der Waals surface area (Å²) in [4.78, 5) is 13.5. The molecule has 0 atom stereocenters. The Morgan fingerprint density at radius 2 is 1.95 bits per heavy atom. The molecular formula is C11H13N3O3S2. The maximum Gasteiger partial charge on any atom is 0.304 e. The molecule has 19 heavy (non-hydrogen) atoms. The quantitative estimate of drug-likeness (QED) is 0.767. The van der Waals surface area contributed by atoms with Gasteiger partial charge in [0.1, 0.15) is 0 Å². The van der Waals surface area contributed by atoms with Crippen LogP contribution < -0.4 is 14.9 Å². The molecule has 1 aromatic heterocycles. The zero-order valence-corrected chi connectivity index (χ0v) is 11.8. The summed E-state index contributed by atoms with van der Waals surface area (Å²) in [5, 5.41) is 4.50. The largest absolute Gasteiger partial charge is 0.388 e. The third kappa shape index (κ3) is 3.43. The summed E-state index contributed by atoms with van der Waals surface area (Å²) in [5.41, 5.74) is 1.38. The van der Waals surface area contributed by atoms with E-state index in [0.29, 0.717) is 5.69 Å². The van der Waals surface area contributed by atoms with Gasteiger partial charge in [-0.1, -0.05) is 11.3 Å². The van der Waals surface area contributed by atoms with Crippen LogP contribution >= 0.6 is 11.3 Å². The number of H-pyrrole nitrogens is 1. The number of hydrogen-bond donors (Lipinski definition) is 3.